The van der Waals surface area contributed by atoms with E-state index in [1.807, 2.05) is 23.9 Å². The Morgan fingerprint density at radius 1 is 1.11 bits per heavy atom. The lowest BCUT2D eigenvalue weighted by Gasteiger charge is -2.31. The van der Waals surface area contributed by atoms with Gasteiger partial charge in [-0.05, 0) is 36.6 Å². The number of hydrogen-bond acceptors (Lipinski definition) is 2. The standard InChI is InChI=1S/C16H24OS/c1-16(2,12-13-6-4-3-5-7-13)18-15-10-8-14(17)9-11-15/h8-11,13,17H,3-7,12H2,1-2H3. The first-order valence-corrected chi connectivity index (χ1v) is 7.85. The SMILES string of the molecule is CC(C)(CC1CCCCC1)Sc1ccc(O)cc1. The van der Waals surface area contributed by atoms with E-state index >= 15 is 0 Å². The van der Waals surface area contributed by atoms with Crippen LogP contribution in [0.1, 0.15) is 52.4 Å². The number of hydrogen-bond donors (Lipinski definition) is 1. The lowest BCUT2D eigenvalue weighted by Crippen LogP contribution is -2.21. The predicted octanol–water partition coefficient (Wildman–Crippen LogP) is 5.23. The van der Waals surface area contributed by atoms with Crippen LogP contribution in [0.4, 0.5) is 0 Å². The van der Waals surface area contributed by atoms with E-state index < -0.39 is 0 Å². The quantitative estimate of drug-likeness (QED) is 0.751. The van der Waals surface area contributed by atoms with Crippen LogP contribution in [0.5, 0.6) is 5.75 Å². The Bertz CT molecular complexity index is 363. The lowest BCUT2D eigenvalue weighted by atomic mass is 9.83. The van der Waals surface area contributed by atoms with Gasteiger partial charge in [-0.1, -0.05) is 46.0 Å². The van der Waals surface area contributed by atoms with Gasteiger partial charge in [0, 0.05) is 9.64 Å². The third kappa shape index (κ3) is 4.24. The topological polar surface area (TPSA) is 20.2 Å². The molecule has 0 heterocycles. The molecule has 0 aliphatic heterocycles. The first-order chi connectivity index (χ1) is 8.55. The highest BCUT2D eigenvalue weighted by Gasteiger charge is 2.25. The zero-order valence-electron chi connectivity index (χ0n) is 11.5. The molecule has 1 fully saturated rings. The van der Waals surface area contributed by atoms with Crippen molar-refractivity contribution in [3.05, 3.63) is 24.3 Å². The largest absolute Gasteiger partial charge is 0.508 e. The van der Waals surface area contributed by atoms with Gasteiger partial charge >= 0.3 is 0 Å². The minimum Gasteiger partial charge on any atom is -0.508 e. The molecule has 0 amide bonds. The average Bonchev–Trinajstić information content (AvgIpc) is 2.32. The van der Waals surface area contributed by atoms with Crippen molar-refractivity contribution in [1.29, 1.82) is 0 Å². The Hall–Kier alpha value is -0.630. The van der Waals surface area contributed by atoms with Gasteiger partial charge in [-0.2, -0.15) is 0 Å². The molecule has 0 spiro atoms. The maximum absolute atomic E-state index is 9.31. The van der Waals surface area contributed by atoms with Crippen molar-refractivity contribution in [1.82, 2.24) is 0 Å². The van der Waals surface area contributed by atoms with Gasteiger partial charge < -0.3 is 5.11 Å². The molecule has 2 rings (SSSR count). The fraction of sp³-hybridized carbons (Fsp3) is 0.625. The Balaban J connectivity index is 1.91. The van der Waals surface area contributed by atoms with Crippen LogP contribution in [0.25, 0.3) is 0 Å². The van der Waals surface area contributed by atoms with Crippen molar-refractivity contribution < 1.29 is 5.11 Å². The number of phenols is 1. The fourth-order valence-corrected chi connectivity index (χ4v) is 4.19. The molecule has 0 unspecified atom stereocenters. The van der Waals surface area contributed by atoms with Crippen LogP contribution < -0.4 is 0 Å². The lowest BCUT2D eigenvalue weighted by molar-refractivity contribution is 0.317. The molecule has 1 aliphatic rings. The summed E-state index contributed by atoms with van der Waals surface area (Å²) in [6, 6.07) is 7.59. The highest BCUT2D eigenvalue weighted by atomic mass is 32.2. The third-order valence-electron chi connectivity index (χ3n) is 3.74. The van der Waals surface area contributed by atoms with E-state index in [1.54, 1.807) is 12.1 Å². The summed E-state index contributed by atoms with van der Waals surface area (Å²) >= 11 is 1.94. The van der Waals surface area contributed by atoms with Crippen molar-refractivity contribution in [2.75, 3.05) is 0 Å². The molecule has 18 heavy (non-hydrogen) atoms. The Kier molecular flexibility index (Phi) is 4.60. The van der Waals surface area contributed by atoms with E-state index in [0.29, 0.717) is 10.5 Å². The van der Waals surface area contributed by atoms with E-state index in [0.717, 1.165) is 5.92 Å². The van der Waals surface area contributed by atoms with E-state index in [-0.39, 0.29) is 0 Å². The number of benzene rings is 1. The first-order valence-electron chi connectivity index (χ1n) is 7.03. The zero-order chi connectivity index (χ0) is 13.0. The van der Waals surface area contributed by atoms with E-state index in [9.17, 15) is 5.11 Å². The molecule has 0 atom stereocenters. The van der Waals surface area contributed by atoms with E-state index in [2.05, 4.69) is 13.8 Å². The average molecular weight is 264 g/mol. The monoisotopic (exact) mass is 264 g/mol. The number of phenolic OH excluding ortho intramolecular Hbond substituents is 1. The molecule has 1 aliphatic carbocycles. The summed E-state index contributed by atoms with van der Waals surface area (Å²) in [5.74, 6) is 1.27. The summed E-state index contributed by atoms with van der Waals surface area (Å²) in [5, 5.41) is 9.31. The summed E-state index contributed by atoms with van der Waals surface area (Å²) < 4.78 is 0.291. The maximum Gasteiger partial charge on any atom is 0.115 e. The van der Waals surface area contributed by atoms with Crippen molar-refractivity contribution >= 4 is 11.8 Å². The minimum absolute atomic E-state index is 0.291. The third-order valence-corrected chi connectivity index (χ3v) is 4.96. The highest BCUT2D eigenvalue weighted by Crippen LogP contribution is 2.40. The van der Waals surface area contributed by atoms with Crippen molar-refractivity contribution in [2.24, 2.45) is 5.92 Å². The molecule has 1 aromatic carbocycles. The van der Waals surface area contributed by atoms with Crippen molar-refractivity contribution in [3.63, 3.8) is 0 Å². The molecule has 0 aromatic heterocycles. The summed E-state index contributed by atoms with van der Waals surface area (Å²) in [7, 11) is 0. The molecule has 1 N–H and O–H groups in total. The summed E-state index contributed by atoms with van der Waals surface area (Å²) in [4.78, 5) is 1.26. The number of aromatic hydroxyl groups is 1. The molecule has 2 heteroatoms. The molecule has 0 radical (unpaired) electrons. The molecule has 1 aromatic rings. The van der Waals surface area contributed by atoms with Gasteiger partial charge in [-0.15, -0.1) is 11.8 Å². The van der Waals surface area contributed by atoms with E-state index in [4.69, 9.17) is 0 Å². The van der Waals surface area contributed by atoms with Gasteiger partial charge in [-0.3, -0.25) is 0 Å². The zero-order valence-corrected chi connectivity index (χ0v) is 12.3. The van der Waals surface area contributed by atoms with Gasteiger partial charge in [0.2, 0.25) is 0 Å². The van der Waals surface area contributed by atoms with Crippen LogP contribution in [0.2, 0.25) is 0 Å². The minimum atomic E-state index is 0.291. The normalized spacial score (nSPS) is 17.9. The van der Waals surface area contributed by atoms with Crippen LogP contribution in [0.3, 0.4) is 0 Å². The van der Waals surface area contributed by atoms with Gasteiger partial charge in [0.1, 0.15) is 5.75 Å². The predicted molar refractivity (Wildman–Crippen MR) is 79.2 cm³/mol. The molecule has 1 saturated carbocycles. The first kappa shape index (κ1) is 13.8. The van der Waals surface area contributed by atoms with Crippen molar-refractivity contribution in [3.8, 4) is 5.75 Å². The molecule has 0 saturated heterocycles. The van der Waals surface area contributed by atoms with Gasteiger partial charge in [0.25, 0.3) is 0 Å². The summed E-state index contributed by atoms with van der Waals surface area (Å²) in [6.07, 6.45) is 8.41. The Labute approximate surface area is 115 Å². The van der Waals surface area contributed by atoms with Crippen LogP contribution in [0, 0.1) is 5.92 Å². The number of thioether (sulfide) groups is 1. The van der Waals surface area contributed by atoms with Gasteiger partial charge in [-0.25, -0.2) is 0 Å². The second-order valence-corrected chi connectivity index (χ2v) is 7.84. The fourth-order valence-electron chi connectivity index (χ4n) is 2.96. The molecular formula is C16H24OS. The van der Waals surface area contributed by atoms with Crippen LogP contribution in [0.15, 0.2) is 29.2 Å². The van der Waals surface area contributed by atoms with Crippen LogP contribution in [-0.4, -0.2) is 9.85 Å². The molecular weight excluding hydrogens is 240 g/mol. The van der Waals surface area contributed by atoms with E-state index in [1.165, 1.54) is 43.4 Å². The molecule has 1 nitrogen and oxygen atoms in total. The van der Waals surface area contributed by atoms with Gasteiger partial charge in [0.05, 0.1) is 0 Å². The smallest absolute Gasteiger partial charge is 0.115 e. The van der Waals surface area contributed by atoms with Gasteiger partial charge in [0.15, 0.2) is 0 Å². The summed E-state index contributed by atoms with van der Waals surface area (Å²) in [6.45, 7) is 4.69. The van der Waals surface area contributed by atoms with Crippen LogP contribution in [-0.2, 0) is 0 Å². The van der Waals surface area contributed by atoms with Crippen molar-refractivity contribution in [2.45, 2.75) is 62.0 Å². The summed E-state index contributed by atoms with van der Waals surface area (Å²) in [5.41, 5.74) is 0. The highest BCUT2D eigenvalue weighted by molar-refractivity contribution is 8.00. The Morgan fingerprint density at radius 2 is 1.72 bits per heavy atom. The second kappa shape index (κ2) is 6.01. The van der Waals surface area contributed by atoms with Crippen LogP contribution >= 0.6 is 11.8 Å². The Morgan fingerprint density at radius 3 is 2.33 bits per heavy atom. The molecule has 100 valence electrons. The molecule has 0 bridgehead atoms. The maximum atomic E-state index is 9.31. The number of rotatable bonds is 4. The second-order valence-electron chi connectivity index (χ2n) is 6.06.